The molecule has 0 bridgehead atoms. The van der Waals surface area contributed by atoms with Crippen LogP contribution in [-0.2, 0) is 14.6 Å². The minimum absolute atomic E-state index is 0.181. The lowest BCUT2D eigenvalue weighted by atomic mass is 10.0. The highest BCUT2D eigenvalue weighted by Gasteiger charge is 2.37. The van der Waals surface area contributed by atoms with Gasteiger partial charge in [0.05, 0.1) is 18.0 Å². The molecular weight excluding hydrogens is 374 g/mol. The molecule has 28 heavy (non-hydrogen) atoms. The summed E-state index contributed by atoms with van der Waals surface area (Å²) in [7, 11) is -2.23. The standard InChI is InChI=1S/C22H25NO4S/c1-5-16-23(17(3)24)22(18-12-14-19(27-4)15-13-18)21(6-2)28(25,26)20-10-8-7-9-11-20/h5-15,21-22H,1-2,16H2,3-4H3/t21-,22+/m0/s1. The molecule has 0 unspecified atom stereocenters. The van der Waals surface area contributed by atoms with Gasteiger partial charge in [0.15, 0.2) is 9.84 Å². The minimum atomic E-state index is -3.79. The Morgan fingerprint density at radius 2 is 1.71 bits per heavy atom. The Morgan fingerprint density at radius 3 is 2.18 bits per heavy atom. The van der Waals surface area contributed by atoms with Crippen molar-refractivity contribution in [3.05, 3.63) is 85.5 Å². The van der Waals surface area contributed by atoms with E-state index in [0.717, 1.165) is 0 Å². The molecule has 0 aliphatic heterocycles. The smallest absolute Gasteiger partial charge is 0.220 e. The molecule has 0 N–H and O–H groups in total. The number of nitrogens with zero attached hydrogens (tertiary/aromatic N) is 1. The molecule has 5 nitrogen and oxygen atoms in total. The molecule has 2 aromatic rings. The molecule has 1 amide bonds. The fraction of sp³-hybridized carbons (Fsp3) is 0.227. The van der Waals surface area contributed by atoms with Crippen molar-refractivity contribution in [1.82, 2.24) is 4.90 Å². The molecule has 2 rings (SSSR count). The van der Waals surface area contributed by atoms with Crippen LogP contribution in [0.2, 0.25) is 0 Å². The lowest BCUT2D eigenvalue weighted by Gasteiger charge is -2.35. The first-order valence-corrected chi connectivity index (χ1v) is 10.3. The maximum Gasteiger partial charge on any atom is 0.220 e. The van der Waals surface area contributed by atoms with E-state index in [2.05, 4.69) is 13.2 Å². The van der Waals surface area contributed by atoms with Crippen molar-refractivity contribution in [3.63, 3.8) is 0 Å². The number of hydrogen-bond acceptors (Lipinski definition) is 4. The van der Waals surface area contributed by atoms with Gasteiger partial charge in [-0.25, -0.2) is 8.42 Å². The normalized spacial score (nSPS) is 13.2. The van der Waals surface area contributed by atoms with Gasteiger partial charge in [-0.15, -0.1) is 13.2 Å². The number of ether oxygens (including phenoxy) is 1. The Kier molecular flexibility index (Phi) is 7.18. The highest BCUT2D eigenvalue weighted by atomic mass is 32.2. The summed E-state index contributed by atoms with van der Waals surface area (Å²) in [6.07, 6.45) is 2.96. The maximum absolute atomic E-state index is 13.4. The largest absolute Gasteiger partial charge is 0.497 e. The zero-order valence-corrected chi connectivity index (χ0v) is 16.9. The fourth-order valence-electron chi connectivity index (χ4n) is 3.12. The van der Waals surface area contributed by atoms with Crippen LogP contribution in [0.25, 0.3) is 0 Å². The van der Waals surface area contributed by atoms with Gasteiger partial charge in [0.2, 0.25) is 5.91 Å². The highest BCUT2D eigenvalue weighted by molar-refractivity contribution is 7.92. The van der Waals surface area contributed by atoms with Gasteiger partial charge in [0, 0.05) is 13.5 Å². The van der Waals surface area contributed by atoms with Gasteiger partial charge in [-0.3, -0.25) is 4.79 Å². The van der Waals surface area contributed by atoms with Crippen LogP contribution < -0.4 is 4.74 Å². The number of rotatable bonds is 9. The summed E-state index contributed by atoms with van der Waals surface area (Å²) in [5.74, 6) is 0.387. The summed E-state index contributed by atoms with van der Waals surface area (Å²) in [5, 5.41) is -1.04. The second kappa shape index (κ2) is 9.37. The summed E-state index contributed by atoms with van der Waals surface area (Å²) in [6, 6.07) is 14.4. The molecule has 0 heterocycles. The quantitative estimate of drug-likeness (QED) is 0.602. The van der Waals surface area contributed by atoms with E-state index in [1.165, 1.54) is 17.9 Å². The third kappa shape index (κ3) is 4.51. The van der Waals surface area contributed by atoms with Gasteiger partial charge >= 0.3 is 0 Å². The van der Waals surface area contributed by atoms with Crippen molar-refractivity contribution in [1.29, 1.82) is 0 Å². The van der Waals surface area contributed by atoms with Crippen molar-refractivity contribution in [3.8, 4) is 5.75 Å². The number of carbonyl (C=O) groups is 1. The number of benzene rings is 2. The van der Waals surface area contributed by atoms with E-state index >= 15 is 0 Å². The Morgan fingerprint density at radius 1 is 1.11 bits per heavy atom. The van der Waals surface area contributed by atoms with Crippen LogP contribution >= 0.6 is 0 Å². The predicted molar refractivity (Wildman–Crippen MR) is 111 cm³/mol. The van der Waals surface area contributed by atoms with Crippen molar-refractivity contribution in [2.75, 3.05) is 13.7 Å². The van der Waals surface area contributed by atoms with Gasteiger partial charge in [0.1, 0.15) is 11.0 Å². The molecule has 0 aromatic heterocycles. The van der Waals surface area contributed by atoms with Crippen LogP contribution in [0.1, 0.15) is 18.5 Å². The Hall–Kier alpha value is -2.86. The SMILES string of the molecule is C=CCN(C(C)=O)[C@H](c1ccc(OC)cc1)[C@H](C=C)S(=O)(=O)c1ccccc1. The second-order valence-corrected chi connectivity index (χ2v) is 8.34. The average molecular weight is 400 g/mol. The van der Waals surface area contributed by atoms with Crippen LogP contribution in [0.3, 0.4) is 0 Å². The molecule has 0 spiro atoms. The molecule has 0 radical (unpaired) electrons. The zero-order chi connectivity index (χ0) is 20.7. The number of amides is 1. The Labute approximate surface area is 166 Å². The first-order valence-electron chi connectivity index (χ1n) is 8.80. The minimum Gasteiger partial charge on any atom is -0.497 e. The van der Waals surface area contributed by atoms with Gasteiger partial charge in [-0.05, 0) is 29.8 Å². The zero-order valence-electron chi connectivity index (χ0n) is 16.1. The second-order valence-electron chi connectivity index (χ2n) is 6.24. The monoisotopic (exact) mass is 399 g/mol. The maximum atomic E-state index is 13.4. The van der Waals surface area contributed by atoms with E-state index < -0.39 is 21.1 Å². The molecule has 0 aliphatic carbocycles. The first-order chi connectivity index (χ1) is 13.4. The number of sulfone groups is 1. The fourth-order valence-corrected chi connectivity index (χ4v) is 4.87. The number of carbonyl (C=O) groups excluding carboxylic acids is 1. The third-order valence-corrected chi connectivity index (χ3v) is 6.59. The lowest BCUT2D eigenvalue weighted by molar-refractivity contribution is -0.130. The summed E-state index contributed by atoms with van der Waals surface area (Å²) in [4.78, 5) is 14.0. The summed E-state index contributed by atoms with van der Waals surface area (Å²) >= 11 is 0. The molecule has 0 aliphatic rings. The van der Waals surface area contributed by atoms with E-state index in [9.17, 15) is 13.2 Å². The van der Waals surface area contributed by atoms with Crippen LogP contribution in [0.15, 0.2) is 84.8 Å². The molecular formula is C22H25NO4S. The Balaban J connectivity index is 2.65. The van der Waals surface area contributed by atoms with Crippen molar-refractivity contribution >= 4 is 15.7 Å². The van der Waals surface area contributed by atoms with Gasteiger partial charge in [0.25, 0.3) is 0 Å². The van der Waals surface area contributed by atoms with Crippen LogP contribution in [0.5, 0.6) is 5.75 Å². The van der Waals surface area contributed by atoms with E-state index in [1.54, 1.807) is 67.8 Å². The van der Waals surface area contributed by atoms with Crippen LogP contribution in [0.4, 0.5) is 0 Å². The summed E-state index contributed by atoms with van der Waals surface area (Å²) in [5.41, 5.74) is 0.669. The summed E-state index contributed by atoms with van der Waals surface area (Å²) < 4.78 is 31.9. The third-order valence-electron chi connectivity index (χ3n) is 4.50. The predicted octanol–water partition coefficient (Wildman–Crippen LogP) is 3.80. The molecule has 0 fully saturated rings. The van der Waals surface area contributed by atoms with Crippen LogP contribution in [0, 0.1) is 0 Å². The van der Waals surface area contributed by atoms with E-state index in [0.29, 0.717) is 11.3 Å². The van der Waals surface area contributed by atoms with Gasteiger partial charge in [-0.2, -0.15) is 0 Å². The molecule has 0 saturated heterocycles. The molecule has 2 aromatic carbocycles. The number of hydrogen-bond donors (Lipinski definition) is 0. The van der Waals surface area contributed by atoms with E-state index in [4.69, 9.17) is 4.74 Å². The van der Waals surface area contributed by atoms with Crippen molar-refractivity contribution in [2.24, 2.45) is 0 Å². The van der Waals surface area contributed by atoms with Gasteiger partial charge < -0.3 is 9.64 Å². The Bertz CT molecular complexity index is 921. The van der Waals surface area contributed by atoms with E-state index in [-0.39, 0.29) is 17.3 Å². The molecule has 2 atom stereocenters. The average Bonchev–Trinajstić information content (AvgIpc) is 2.71. The molecule has 0 saturated carbocycles. The molecule has 6 heteroatoms. The highest BCUT2D eigenvalue weighted by Crippen LogP contribution is 2.34. The van der Waals surface area contributed by atoms with Crippen molar-refractivity contribution < 1.29 is 17.9 Å². The van der Waals surface area contributed by atoms with Crippen LogP contribution in [-0.4, -0.2) is 38.1 Å². The van der Waals surface area contributed by atoms with E-state index in [1.807, 2.05) is 0 Å². The molecule has 148 valence electrons. The first kappa shape index (κ1) is 21.4. The lowest BCUT2D eigenvalue weighted by Crippen LogP contribution is -2.42. The summed E-state index contributed by atoms with van der Waals surface area (Å²) in [6.45, 7) is 9.09. The van der Waals surface area contributed by atoms with Gasteiger partial charge in [-0.1, -0.05) is 42.5 Å². The number of methoxy groups -OCH3 is 1. The topological polar surface area (TPSA) is 63.7 Å². The van der Waals surface area contributed by atoms with Crippen molar-refractivity contribution in [2.45, 2.75) is 23.1 Å².